The van der Waals surface area contributed by atoms with Crippen LogP contribution in [0.5, 0.6) is 0 Å². The Kier molecular flexibility index (Phi) is 6.25. The lowest BCUT2D eigenvalue weighted by Gasteiger charge is -2.39. The Bertz CT molecular complexity index is 1150. The second kappa shape index (κ2) is 9.09. The van der Waals surface area contributed by atoms with Gasteiger partial charge in [0, 0.05) is 5.25 Å². The van der Waals surface area contributed by atoms with Crippen LogP contribution >= 0.6 is 11.8 Å². The standard InChI is InChI=1S/C24H31N5O5S/c1-4-14(11-30)29-20(21(31)25-12-28-16-9-7-6-8-15(16)26-27-28)24-13(3)10-17(35-24)18(19(24)22(29)32)23(33)34-5-2/h6-9,13-14,17-20,30H,4-5,10-12H2,1-3H3,(H,25,31)/t13?,14-,17+,18-,19-,20?,24?/m0/s1. The quantitative estimate of drug-likeness (QED) is 0.517. The maximum absolute atomic E-state index is 13.9. The average molecular weight is 502 g/mol. The molecule has 1 aromatic carbocycles. The molecule has 0 radical (unpaired) electrons. The van der Waals surface area contributed by atoms with Gasteiger partial charge in [-0.3, -0.25) is 14.4 Å². The summed E-state index contributed by atoms with van der Waals surface area (Å²) in [6, 6.07) is 6.15. The summed E-state index contributed by atoms with van der Waals surface area (Å²) >= 11 is 1.59. The molecule has 1 spiro atoms. The number of fused-ring (bicyclic) bond motifs is 2. The Labute approximate surface area is 207 Å². The first-order valence-corrected chi connectivity index (χ1v) is 13.1. The number of para-hydroxylation sites is 1. The minimum atomic E-state index is -0.809. The fraction of sp³-hybridized carbons (Fsp3) is 0.625. The van der Waals surface area contributed by atoms with Crippen molar-refractivity contribution in [3.63, 3.8) is 0 Å². The van der Waals surface area contributed by atoms with E-state index < -0.39 is 28.7 Å². The predicted octanol–water partition coefficient (Wildman–Crippen LogP) is 1.18. The average Bonchev–Trinajstić information content (AvgIpc) is 3.56. The van der Waals surface area contributed by atoms with Crippen LogP contribution in [0.4, 0.5) is 0 Å². The van der Waals surface area contributed by atoms with Crippen LogP contribution in [0.3, 0.4) is 0 Å². The Hall–Kier alpha value is -2.66. The van der Waals surface area contributed by atoms with E-state index in [2.05, 4.69) is 22.6 Å². The van der Waals surface area contributed by atoms with Crippen molar-refractivity contribution in [1.29, 1.82) is 0 Å². The number of esters is 1. The van der Waals surface area contributed by atoms with Crippen molar-refractivity contribution < 1.29 is 24.2 Å². The highest BCUT2D eigenvalue weighted by Gasteiger charge is 2.76. The van der Waals surface area contributed by atoms with Crippen LogP contribution in [0.1, 0.15) is 33.6 Å². The van der Waals surface area contributed by atoms with Crippen LogP contribution in [0.25, 0.3) is 11.0 Å². The zero-order valence-electron chi connectivity index (χ0n) is 20.1. The van der Waals surface area contributed by atoms with Gasteiger partial charge in [-0.15, -0.1) is 16.9 Å². The SMILES string of the molecule is CCOC(=O)[C@@H]1[C@H]2C(=O)N([C@@H](CC)CO)C(C(=O)NCn3nnc4ccccc43)C23S[C@@H]1CC3C. The summed E-state index contributed by atoms with van der Waals surface area (Å²) < 4.78 is 6.21. The van der Waals surface area contributed by atoms with E-state index in [1.807, 2.05) is 31.2 Å². The fourth-order valence-corrected chi connectivity index (χ4v) is 8.75. The number of nitrogens with one attached hydrogen (secondary N) is 1. The molecule has 2 amide bonds. The molecular formula is C24H31N5O5S. The van der Waals surface area contributed by atoms with Crippen LogP contribution in [-0.4, -0.2) is 78.1 Å². The third-order valence-electron chi connectivity index (χ3n) is 7.89. The Morgan fingerprint density at radius 2 is 2.11 bits per heavy atom. The molecule has 10 nitrogen and oxygen atoms in total. The summed E-state index contributed by atoms with van der Waals surface area (Å²) in [5.41, 5.74) is 1.51. The number of benzene rings is 1. The van der Waals surface area contributed by atoms with Crippen molar-refractivity contribution in [3.05, 3.63) is 24.3 Å². The molecule has 3 unspecified atom stereocenters. The van der Waals surface area contributed by atoms with Crippen molar-refractivity contribution in [2.45, 2.75) is 62.4 Å². The van der Waals surface area contributed by atoms with Gasteiger partial charge < -0.3 is 20.1 Å². The molecule has 11 heteroatoms. The van der Waals surface area contributed by atoms with E-state index in [1.54, 1.807) is 28.3 Å². The molecule has 5 rings (SSSR count). The number of thioether (sulfide) groups is 1. The number of amides is 2. The molecule has 0 saturated carbocycles. The smallest absolute Gasteiger partial charge is 0.310 e. The van der Waals surface area contributed by atoms with Gasteiger partial charge in [-0.1, -0.05) is 31.2 Å². The summed E-state index contributed by atoms with van der Waals surface area (Å²) in [5, 5.41) is 21.3. The lowest BCUT2D eigenvalue weighted by Crippen LogP contribution is -2.58. The third kappa shape index (κ3) is 3.46. The van der Waals surface area contributed by atoms with E-state index in [0.29, 0.717) is 6.42 Å². The molecule has 3 aliphatic heterocycles. The Balaban J connectivity index is 1.50. The van der Waals surface area contributed by atoms with Crippen molar-refractivity contribution in [3.8, 4) is 0 Å². The van der Waals surface area contributed by atoms with E-state index >= 15 is 0 Å². The van der Waals surface area contributed by atoms with Gasteiger partial charge in [0.15, 0.2) is 0 Å². The summed E-state index contributed by atoms with van der Waals surface area (Å²) in [4.78, 5) is 42.3. The summed E-state index contributed by atoms with van der Waals surface area (Å²) in [7, 11) is 0. The normalized spacial score (nSPS) is 32.2. The largest absolute Gasteiger partial charge is 0.466 e. The monoisotopic (exact) mass is 501 g/mol. The van der Waals surface area contributed by atoms with Gasteiger partial charge in [0.25, 0.3) is 0 Å². The second-order valence-corrected chi connectivity index (χ2v) is 11.1. The van der Waals surface area contributed by atoms with E-state index in [0.717, 1.165) is 17.5 Å². The number of hydrogen-bond acceptors (Lipinski definition) is 8. The number of aliphatic hydroxyl groups is 1. The number of carbonyl (C=O) groups excluding carboxylic acids is 3. The number of ether oxygens (including phenoxy) is 1. The highest BCUT2D eigenvalue weighted by atomic mass is 32.2. The van der Waals surface area contributed by atoms with Gasteiger partial charge >= 0.3 is 5.97 Å². The summed E-state index contributed by atoms with van der Waals surface area (Å²) in [6.45, 7) is 5.77. The first kappa shape index (κ1) is 24.1. The van der Waals surface area contributed by atoms with Crippen LogP contribution in [0.15, 0.2) is 24.3 Å². The van der Waals surface area contributed by atoms with Gasteiger partial charge in [-0.2, -0.15) is 0 Å². The van der Waals surface area contributed by atoms with Gasteiger partial charge in [0.1, 0.15) is 18.2 Å². The van der Waals surface area contributed by atoms with Gasteiger partial charge in [0.05, 0.1) is 41.4 Å². The minimum absolute atomic E-state index is 0.0428. The minimum Gasteiger partial charge on any atom is -0.466 e. The zero-order valence-corrected chi connectivity index (χ0v) is 20.9. The first-order valence-electron chi connectivity index (χ1n) is 12.2. The molecule has 2 aromatic rings. The molecule has 7 atom stereocenters. The van der Waals surface area contributed by atoms with Crippen LogP contribution in [-0.2, 0) is 25.8 Å². The van der Waals surface area contributed by atoms with E-state index in [-0.39, 0.29) is 48.8 Å². The summed E-state index contributed by atoms with van der Waals surface area (Å²) in [5.74, 6) is -2.11. The van der Waals surface area contributed by atoms with Crippen molar-refractivity contribution in [2.75, 3.05) is 13.2 Å². The lowest BCUT2D eigenvalue weighted by atomic mass is 9.66. The van der Waals surface area contributed by atoms with Crippen molar-refractivity contribution >= 4 is 40.6 Å². The van der Waals surface area contributed by atoms with Crippen LogP contribution < -0.4 is 5.32 Å². The Morgan fingerprint density at radius 3 is 2.83 bits per heavy atom. The van der Waals surface area contributed by atoms with Gasteiger partial charge in [-0.05, 0) is 37.8 Å². The maximum Gasteiger partial charge on any atom is 0.310 e. The zero-order chi connectivity index (χ0) is 24.9. The molecule has 35 heavy (non-hydrogen) atoms. The number of rotatable bonds is 8. The third-order valence-corrected chi connectivity index (χ3v) is 9.97. The molecule has 2 bridgehead atoms. The van der Waals surface area contributed by atoms with E-state index in [4.69, 9.17) is 4.74 Å². The van der Waals surface area contributed by atoms with E-state index in [1.165, 1.54) is 0 Å². The van der Waals surface area contributed by atoms with Crippen molar-refractivity contribution in [1.82, 2.24) is 25.2 Å². The maximum atomic E-state index is 13.9. The number of likely N-dealkylation sites (tertiary alicyclic amines) is 1. The second-order valence-electron chi connectivity index (χ2n) is 9.57. The molecule has 1 aromatic heterocycles. The van der Waals surface area contributed by atoms with Gasteiger partial charge in [0.2, 0.25) is 11.8 Å². The molecule has 0 aliphatic carbocycles. The Morgan fingerprint density at radius 1 is 1.34 bits per heavy atom. The first-order chi connectivity index (χ1) is 16.9. The number of carbonyl (C=O) groups is 3. The number of nitrogens with zero attached hydrogens (tertiary/aromatic N) is 4. The number of hydrogen-bond donors (Lipinski definition) is 2. The predicted molar refractivity (Wildman–Crippen MR) is 129 cm³/mol. The van der Waals surface area contributed by atoms with Crippen LogP contribution in [0.2, 0.25) is 0 Å². The van der Waals surface area contributed by atoms with E-state index in [9.17, 15) is 19.5 Å². The molecule has 3 saturated heterocycles. The fourth-order valence-electron chi connectivity index (χ4n) is 6.36. The summed E-state index contributed by atoms with van der Waals surface area (Å²) in [6.07, 6.45) is 1.23. The molecule has 4 heterocycles. The highest BCUT2D eigenvalue weighted by molar-refractivity contribution is 8.02. The number of aromatic nitrogens is 3. The lowest BCUT2D eigenvalue weighted by molar-refractivity contribution is -0.154. The molecule has 3 fully saturated rings. The highest BCUT2D eigenvalue weighted by Crippen LogP contribution is 2.68. The molecule has 188 valence electrons. The number of aliphatic hydroxyl groups excluding tert-OH is 1. The topological polar surface area (TPSA) is 127 Å². The van der Waals surface area contributed by atoms with Crippen LogP contribution in [0, 0.1) is 17.8 Å². The molecular weight excluding hydrogens is 470 g/mol. The molecule has 2 N–H and O–H groups in total. The van der Waals surface area contributed by atoms with Gasteiger partial charge in [-0.25, -0.2) is 4.68 Å². The molecule has 3 aliphatic rings. The van der Waals surface area contributed by atoms with Crippen molar-refractivity contribution in [2.24, 2.45) is 17.8 Å².